The molecule has 0 aliphatic carbocycles. The van der Waals surface area contributed by atoms with Gasteiger partial charge in [0.25, 0.3) is 0 Å². The maximum absolute atomic E-state index is 10.6. The van der Waals surface area contributed by atoms with Gasteiger partial charge in [0, 0.05) is 44.0 Å². The van der Waals surface area contributed by atoms with Crippen LogP contribution >= 0.6 is 32.9 Å². The molecule has 3 nitrogen and oxygen atoms in total. The number of phenolic OH excluding ortho intramolecular Hbond substituents is 1. The van der Waals surface area contributed by atoms with Crippen molar-refractivity contribution in [3.8, 4) is 16.2 Å². The van der Waals surface area contributed by atoms with Gasteiger partial charge in [0.15, 0.2) is 0 Å². The molecule has 4 rings (SSSR count). The molecule has 1 aromatic heterocycles. The summed E-state index contributed by atoms with van der Waals surface area (Å²) in [7, 11) is 3.50. The number of hydrogen-bond acceptors (Lipinski definition) is 6. The highest BCUT2D eigenvalue weighted by molar-refractivity contribution is 7.80. The summed E-state index contributed by atoms with van der Waals surface area (Å²) in [6.07, 6.45) is 6.06. The maximum atomic E-state index is 10.6. The van der Waals surface area contributed by atoms with E-state index in [4.69, 9.17) is 12.2 Å². The number of unbranched alkanes of at least 4 members (excludes halogenated alkanes) is 3. The Morgan fingerprint density at radius 2 is 1.72 bits per heavy atom. The zero-order valence-corrected chi connectivity index (χ0v) is 21.2. The van der Waals surface area contributed by atoms with Crippen molar-refractivity contribution in [1.82, 2.24) is 4.90 Å². The van der Waals surface area contributed by atoms with Crippen LogP contribution in [0.5, 0.6) is 5.75 Å². The van der Waals surface area contributed by atoms with Crippen molar-refractivity contribution in [2.45, 2.75) is 45.6 Å². The highest BCUT2D eigenvalue weighted by atomic mass is 32.9. The van der Waals surface area contributed by atoms with E-state index in [0.717, 1.165) is 48.5 Å². The second-order valence-corrected chi connectivity index (χ2v) is 11.3. The van der Waals surface area contributed by atoms with Gasteiger partial charge in [-0.15, -0.1) is 0 Å². The number of hydrogen-bond donors (Lipinski definition) is 1. The summed E-state index contributed by atoms with van der Waals surface area (Å²) in [5.74, 6) is 0.391. The van der Waals surface area contributed by atoms with Crippen LogP contribution in [0.2, 0.25) is 0 Å². The van der Waals surface area contributed by atoms with Crippen LogP contribution in [0.25, 0.3) is 10.4 Å². The smallest absolute Gasteiger partial charge is 0.120 e. The van der Waals surface area contributed by atoms with E-state index in [1.165, 1.54) is 47.4 Å². The van der Waals surface area contributed by atoms with E-state index >= 15 is 0 Å². The molecule has 1 aliphatic heterocycles. The Bertz CT molecular complexity index is 1050. The fourth-order valence-corrected chi connectivity index (χ4v) is 7.34. The fourth-order valence-electron chi connectivity index (χ4n) is 4.34. The van der Waals surface area contributed by atoms with Crippen LogP contribution in [0, 0.1) is 3.82 Å². The Labute approximate surface area is 204 Å². The number of para-hydroxylation sites is 1. The van der Waals surface area contributed by atoms with E-state index in [1.54, 1.807) is 20.7 Å². The molecule has 0 amide bonds. The first-order valence-electron chi connectivity index (χ1n) is 11.6. The van der Waals surface area contributed by atoms with Crippen LogP contribution in [-0.4, -0.2) is 36.2 Å². The second-order valence-electron chi connectivity index (χ2n) is 8.51. The van der Waals surface area contributed by atoms with E-state index in [1.807, 2.05) is 6.07 Å². The van der Waals surface area contributed by atoms with Crippen molar-refractivity contribution < 1.29 is 5.11 Å². The molecule has 0 atom stereocenters. The highest BCUT2D eigenvalue weighted by Gasteiger charge is 2.19. The number of nitrogens with zero attached hydrogens (tertiary/aromatic N) is 2. The molecule has 2 heterocycles. The largest absolute Gasteiger partial charge is 0.508 e. The van der Waals surface area contributed by atoms with E-state index in [2.05, 4.69) is 59.2 Å². The minimum absolute atomic E-state index is 0.391. The number of piperazine rings is 1. The molecule has 0 radical (unpaired) electrons. The Morgan fingerprint density at radius 1 is 0.938 bits per heavy atom. The number of anilines is 1. The van der Waals surface area contributed by atoms with Crippen molar-refractivity contribution >= 4 is 38.6 Å². The maximum Gasteiger partial charge on any atom is 0.120 e. The first-order valence-corrected chi connectivity index (χ1v) is 14.2. The Morgan fingerprint density at radius 3 is 2.47 bits per heavy atom. The lowest BCUT2D eigenvalue weighted by molar-refractivity contribution is 0.247. The van der Waals surface area contributed by atoms with Gasteiger partial charge in [-0.1, -0.05) is 77.3 Å². The van der Waals surface area contributed by atoms with Crippen LogP contribution in [0.1, 0.15) is 43.7 Å². The Balaban J connectivity index is 1.43. The van der Waals surface area contributed by atoms with Crippen LogP contribution < -0.4 is 4.90 Å². The minimum Gasteiger partial charge on any atom is -0.508 e. The molecule has 2 aromatic carbocycles. The van der Waals surface area contributed by atoms with Gasteiger partial charge in [-0.25, -0.2) is 0 Å². The predicted octanol–water partition coefficient (Wildman–Crippen LogP) is 7.36. The molecular formula is C26H32N2OS3. The molecule has 1 saturated heterocycles. The van der Waals surface area contributed by atoms with Gasteiger partial charge in [-0.2, -0.15) is 0 Å². The van der Waals surface area contributed by atoms with Gasteiger partial charge in [0.1, 0.15) is 9.57 Å². The van der Waals surface area contributed by atoms with Crippen molar-refractivity contribution in [1.29, 1.82) is 0 Å². The molecule has 0 unspecified atom stereocenters. The zero-order chi connectivity index (χ0) is 22.3. The van der Waals surface area contributed by atoms with Gasteiger partial charge in [0.05, 0.1) is 4.88 Å². The predicted molar refractivity (Wildman–Crippen MR) is 142 cm³/mol. The summed E-state index contributed by atoms with van der Waals surface area (Å²) in [5, 5.41) is 10.6. The standard InChI is InChI=1S/C26H32N2OS3/c1-2-3-4-8-11-23-25(31-32-26(23)30)20-12-13-24(29)21(18-20)19-27-14-16-28(17-15-27)22-9-6-5-7-10-22/h5-7,9-10,12-13,18,29H,2-4,8,11,14-17,19H2,1H3. The summed E-state index contributed by atoms with van der Waals surface area (Å²) >= 11 is 5.66. The summed E-state index contributed by atoms with van der Waals surface area (Å²) in [6, 6.07) is 16.7. The first-order chi connectivity index (χ1) is 15.7. The summed E-state index contributed by atoms with van der Waals surface area (Å²) in [5.41, 5.74) is 4.84. The lowest BCUT2D eigenvalue weighted by Crippen LogP contribution is -2.45. The van der Waals surface area contributed by atoms with Gasteiger partial charge in [-0.3, -0.25) is 4.90 Å². The molecule has 0 bridgehead atoms. The van der Waals surface area contributed by atoms with E-state index < -0.39 is 0 Å². The molecule has 3 aromatic rings. The third-order valence-electron chi connectivity index (χ3n) is 6.23. The molecular weight excluding hydrogens is 453 g/mol. The minimum atomic E-state index is 0.391. The van der Waals surface area contributed by atoms with Crippen LogP contribution in [-0.2, 0) is 13.0 Å². The SMILES string of the molecule is CCCCCCc1c(-c2ccc(O)c(CN3CCN(c4ccccc4)CC3)c2)ssc1=S. The Hall–Kier alpha value is -1.73. The van der Waals surface area contributed by atoms with Crippen LogP contribution in [0.4, 0.5) is 5.69 Å². The van der Waals surface area contributed by atoms with E-state index in [0.29, 0.717) is 5.75 Å². The number of aromatic hydroxyl groups is 1. The van der Waals surface area contributed by atoms with E-state index in [9.17, 15) is 5.11 Å². The van der Waals surface area contributed by atoms with E-state index in [-0.39, 0.29) is 0 Å². The third-order valence-corrected chi connectivity index (χ3v) is 9.42. The molecule has 0 spiro atoms. The highest BCUT2D eigenvalue weighted by Crippen LogP contribution is 2.37. The average Bonchev–Trinajstić information content (AvgIpc) is 3.19. The fraction of sp³-hybridized carbons (Fsp3) is 0.423. The molecule has 170 valence electrons. The zero-order valence-electron chi connectivity index (χ0n) is 18.8. The monoisotopic (exact) mass is 484 g/mol. The topological polar surface area (TPSA) is 26.7 Å². The first kappa shape index (κ1) is 23.4. The van der Waals surface area contributed by atoms with Crippen LogP contribution in [0.3, 0.4) is 0 Å². The molecule has 1 fully saturated rings. The summed E-state index contributed by atoms with van der Waals surface area (Å²) < 4.78 is 1.04. The number of phenols is 1. The van der Waals surface area contributed by atoms with Gasteiger partial charge >= 0.3 is 0 Å². The van der Waals surface area contributed by atoms with Crippen LogP contribution in [0.15, 0.2) is 48.5 Å². The van der Waals surface area contributed by atoms with Crippen molar-refractivity contribution in [2.24, 2.45) is 0 Å². The van der Waals surface area contributed by atoms with Gasteiger partial charge < -0.3 is 10.0 Å². The lowest BCUT2D eigenvalue weighted by Gasteiger charge is -2.36. The number of benzene rings is 2. The third kappa shape index (κ3) is 5.79. The van der Waals surface area contributed by atoms with Gasteiger partial charge in [-0.05, 0) is 54.3 Å². The lowest BCUT2D eigenvalue weighted by atomic mass is 10.0. The summed E-state index contributed by atoms with van der Waals surface area (Å²) in [6.45, 7) is 7.05. The normalized spacial score (nSPS) is 14.7. The molecule has 6 heteroatoms. The Kier molecular flexibility index (Phi) is 8.36. The molecule has 32 heavy (non-hydrogen) atoms. The number of rotatable bonds is 9. The quantitative estimate of drug-likeness (QED) is 0.195. The van der Waals surface area contributed by atoms with Crippen molar-refractivity contribution in [3.63, 3.8) is 0 Å². The van der Waals surface area contributed by atoms with Crippen molar-refractivity contribution in [3.05, 3.63) is 63.5 Å². The molecule has 1 N–H and O–H groups in total. The molecule has 0 saturated carbocycles. The molecule has 1 aliphatic rings. The summed E-state index contributed by atoms with van der Waals surface area (Å²) in [4.78, 5) is 6.18. The van der Waals surface area contributed by atoms with Gasteiger partial charge in [0.2, 0.25) is 0 Å². The van der Waals surface area contributed by atoms with Crippen molar-refractivity contribution in [2.75, 3.05) is 31.1 Å². The average molecular weight is 485 g/mol. The second kappa shape index (κ2) is 11.4.